The summed E-state index contributed by atoms with van der Waals surface area (Å²) in [7, 11) is 0. The third kappa shape index (κ3) is 1.94. The minimum Gasteiger partial charge on any atom is -0.306 e. The average Bonchev–Trinajstić information content (AvgIpc) is 3.09. The Hall–Kier alpha value is -2.21. The molecule has 1 aliphatic heterocycles. The van der Waals surface area contributed by atoms with Crippen molar-refractivity contribution in [2.45, 2.75) is 27.2 Å². The van der Waals surface area contributed by atoms with Crippen LogP contribution in [0.1, 0.15) is 32.2 Å². The number of hydrogen-bond acceptors (Lipinski definition) is 4. The number of carbonyl (C=O) groups excluding carboxylic acids is 1. The van der Waals surface area contributed by atoms with E-state index in [-0.39, 0.29) is 5.91 Å². The summed E-state index contributed by atoms with van der Waals surface area (Å²) >= 11 is 1.49. The molecule has 0 saturated heterocycles. The van der Waals surface area contributed by atoms with E-state index < -0.39 is 0 Å². The maximum absolute atomic E-state index is 12.8. The molecular weight excluding hydrogens is 296 g/mol. The van der Waals surface area contributed by atoms with E-state index in [0.717, 1.165) is 28.6 Å². The van der Waals surface area contributed by atoms with Gasteiger partial charge in [0.1, 0.15) is 10.7 Å². The Balaban J connectivity index is 1.74. The molecule has 0 atom stereocenters. The van der Waals surface area contributed by atoms with Crippen molar-refractivity contribution in [3.05, 3.63) is 45.7 Å². The monoisotopic (exact) mass is 312 g/mol. The lowest BCUT2D eigenvalue weighted by Crippen LogP contribution is -2.29. The van der Waals surface area contributed by atoms with E-state index in [1.165, 1.54) is 28.0 Å². The Bertz CT molecular complexity index is 877. The summed E-state index contributed by atoms with van der Waals surface area (Å²) in [4.78, 5) is 19.8. The Morgan fingerprint density at radius 1 is 1.27 bits per heavy atom. The zero-order valence-electron chi connectivity index (χ0n) is 12.8. The number of rotatable bonds is 1. The first-order chi connectivity index (χ1) is 10.5. The molecule has 0 saturated carbocycles. The van der Waals surface area contributed by atoms with Crippen molar-refractivity contribution in [1.29, 1.82) is 0 Å². The van der Waals surface area contributed by atoms with Gasteiger partial charge in [-0.3, -0.25) is 4.79 Å². The van der Waals surface area contributed by atoms with E-state index in [1.54, 1.807) is 10.7 Å². The number of anilines is 1. The van der Waals surface area contributed by atoms with Crippen LogP contribution in [-0.2, 0) is 6.42 Å². The minimum atomic E-state index is -0.0425. The van der Waals surface area contributed by atoms with Crippen LogP contribution in [0.5, 0.6) is 0 Å². The first kappa shape index (κ1) is 13.5. The summed E-state index contributed by atoms with van der Waals surface area (Å²) in [5, 5.41) is 5.26. The molecule has 3 heterocycles. The van der Waals surface area contributed by atoms with Crippen LogP contribution in [0.4, 0.5) is 5.69 Å². The van der Waals surface area contributed by atoms with Crippen LogP contribution >= 0.6 is 11.3 Å². The SMILES string of the molecule is Cc1cc(C)c2c(c1)N(C(=O)c1cn3nc(C)sc3n1)CC2. The first-order valence-electron chi connectivity index (χ1n) is 7.28. The Morgan fingerprint density at radius 3 is 2.86 bits per heavy atom. The average molecular weight is 312 g/mol. The van der Waals surface area contributed by atoms with Crippen molar-refractivity contribution >= 4 is 27.9 Å². The fourth-order valence-electron chi connectivity index (χ4n) is 3.14. The summed E-state index contributed by atoms with van der Waals surface area (Å²) < 4.78 is 1.69. The number of benzene rings is 1. The maximum Gasteiger partial charge on any atom is 0.278 e. The molecule has 112 valence electrons. The van der Waals surface area contributed by atoms with Crippen molar-refractivity contribution in [2.75, 3.05) is 11.4 Å². The molecule has 0 fully saturated rings. The molecule has 0 radical (unpaired) electrons. The van der Waals surface area contributed by atoms with Gasteiger partial charge < -0.3 is 4.90 Å². The number of imidazole rings is 1. The molecule has 6 heteroatoms. The van der Waals surface area contributed by atoms with Gasteiger partial charge in [-0.25, -0.2) is 9.50 Å². The lowest BCUT2D eigenvalue weighted by Gasteiger charge is -2.17. The zero-order chi connectivity index (χ0) is 15.4. The fourth-order valence-corrected chi connectivity index (χ4v) is 3.86. The number of aromatic nitrogens is 3. The maximum atomic E-state index is 12.8. The van der Waals surface area contributed by atoms with Crippen LogP contribution in [0.3, 0.4) is 0 Å². The van der Waals surface area contributed by atoms with Crippen LogP contribution in [0.25, 0.3) is 4.96 Å². The molecule has 22 heavy (non-hydrogen) atoms. The number of carbonyl (C=O) groups is 1. The summed E-state index contributed by atoms with van der Waals surface area (Å²) in [6.45, 7) is 6.83. The van der Waals surface area contributed by atoms with Crippen LogP contribution in [0, 0.1) is 20.8 Å². The van der Waals surface area contributed by atoms with E-state index in [2.05, 4.69) is 36.1 Å². The van der Waals surface area contributed by atoms with E-state index in [9.17, 15) is 4.79 Å². The molecular formula is C16H16N4OS. The molecule has 0 bridgehead atoms. The molecule has 0 unspecified atom stereocenters. The molecule has 3 aromatic rings. The van der Waals surface area contributed by atoms with Crippen molar-refractivity contribution in [3.63, 3.8) is 0 Å². The van der Waals surface area contributed by atoms with Crippen molar-refractivity contribution in [1.82, 2.24) is 14.6 Å². The molecule has 1 amide bonds. The second-order valence-electron chi connectivity index (χ2n) is 5.76. The van der Waals surface area contributed by atoms with Crippen molar-refractivity contribution in [3.8, 4) is 0 Å². The number of fused-ring (bicyclic) bond motifs is 2. The van der Waals surface area contributed by atoms with E-state index in [1.807, 2.05) is 11.8 Å². The van der Waals surface area contributed by atoms with Crippen LogP contribution < -0.4 is 4.90 Å². The highest BCUT2D eigenvalue weighted by atomic mass is 32.1. The van der Waals surface area contributed by atoms with Gasteiger partial charge in [0.15, 0.2) is 0 Å². The Kier molecular flexibility index (Phi) is 2.84. The number of aryl methyl sites for hydroxylation is 3. The fraction of sp³-hybridized carbons (Fsp3) is 0.312. The normalized spacial score (nSPS) is 13.9. The molecule has 5 nitrogen and oxygen atoms in total. The standard InChI is InChI=1S/C16H16N4OS/c1-9-6-10(2)12-4-5-19(14(12)7-9)15(21)13-8-20-16(17-13)22-11(3)18-20/h6-8H,4-5H2,1-3H3. The molecule has 0 N–H and O–H groups in total. The number of hydrogen-bond donors (Lipinski definition) is 0. The van der Waals surface area contributed by atoms with Crippen LogP contribution in [-0.4, -0.2) is 27.0 Å². The second-order valence-corrected chi connectivity index (χ2v) is 6.92. The smallest absolute Gasteiger partial charge is 0.278 e. The summed E-state index contributed by atoms with van der Waals surface area (Å²) in [5.74, 6) is -0.0425. The lowest BCUT2D eigenvalue weighted by molar-refractivity contribution is 0.0985. The summed E-state index contributed by atoms with van der Waals surface area (Å²) in [6, 6.07) is 4.26. The molecule has 0 spiro atoms. The zero-order valence-corrected chi connectivity index (χ0v) is 13.6. The number of nitrogens with zero attached hydrogens (tertiary/aromatic N) is 4. The summed E-state index contributed by atoms with van der Waals surface area (Å²) in [6.07, 6.45) is 2.63. The Labute approximate surface area is 132 Å². The van der Waals surface area contributed by atoms with Crippen LogP contribution in [0.2, 0.25) is 0 Å². The lowest BCUT2D eigenvalue weighted by atomic mass is 10.0. The van der Waals surface area contributed by atoms with E-state index in [0.29, 0.717) is 5.69 Å². The molecule has 4 rings (SSSR count). The Morgan fingerprint density at radius 2 is 2.09 bits per heavy atom. The van der Waals surface area contributed by atoms with E-state index >= 15 is 0 Å². The summed E-state index contributed by atoms with van der Waals surface area (Å²) in [5.41, 5.74) is 5.20. The van der Waals surface area contributed by atoms with Gasteiger partial charge >= 0.3 is 0 Å². The number of amides is 1. The highest BCUT2D eigenvalue weighted by Gasteiger charge is 2.28. The quantitative estimate of drug-likeness (QED) is 0.694. The highest BCUT2D eigenvalue weighted by molar-refractivity contribution is 7.16. The van der Waals surface area contributed by atoms with Gasteiger partial charge in [0, 0.05) is 12.2 Å². The van der Waals surface area contributed by atoms with Gasteiger partial charge in [0.25, 0.3) is 5.91 Å². The van der Waals surface area contributed by atoms with Gasteiger partial charge in [-0.2, -0.15) is 5.10 Å². The van der Waals surface area contributed by atoms with Gasteiger partial charge in [-0.05, 0) is 49.9 Å². The predicted octanol–water partition coefficient (Wildman–Crippen LogP) is 2.92. The van der Waals surface area contributed by atoms with Gasteiger partial charge in [-0.15, -0.1) is 0 Å². The molecule has 1 aromatic carbocycles. The van der Waals surface area contributed by atoms with Gasteiger partial charge in [0.2, 0.25) is 4.96 Å². The van der Waals surface area contributed by atoms with E-state index in [4.69, 9.17) is 0 Å². The first-order valence-corrected chi connectivity index (χ1v) is 8.09. The van der Waals surface area contributed by atoms with Crippen molar-refractivity contribution < 1.29 is 4.79 Å². The third-order valence-corrected chi connectivity index (χ3v) is 4.92. The largest absolute Gasteiger partial charge is 0.306 e. The third-order valence-electron chi connectivity index (χ3n) is 4.08. The highest BCUT2D eigenvalue weighted by Crippen LogP contribution is 2.33. The topological polar surface area (TPSA) is 50.5 Å². The van der Waals surface area contributed by atoms with Crippen molar-refractivity contribution in [2.24, 2.45) is 0 Å². The van der Waals surface area contributed by atoms with Crippen LogP contribution in [0.15, 0.2) is 18.3 Å². The minimum absolute atomic E-state index is 0.0425. The predicted molar refractivity (Wildman–Crippen MR) is 86.9 cm³/mol. The molecule has 0 aliphatic carbocycles. The van der Waals surface area contributed by atoms with Gasteiger partial charge in [0.05, 0.1) is 6.20 Å². The molecule has 1 aliphatic rings. The second kappa shape index (κ2) is 4.64. The molecule has 2 aromatic heterocycles. The van der Waals surface area contributed by atoms with Gasteiger partial charge in [-0.1, -0.05) is 17.4 Å².